The molecule has 112 valence electrons. The molecule has 0 atom stereocenters. The molecule has 2 aromatic rings. The monoisotopic (exact) mass is 302 g/mol. The predicted octanol–water partition coefficient (Wildman–Crippen LogP) is 4.44. The molecule has 0 bridgehead atoms. The molecule has 0 saturated heterocycles. The zero-order chi connectivity index (χ0) is 15.2. The molecule has 0 aliphatic heterocycles. The maximum Gasteiger partial charge on any atom is 0.219 e. The Bertz CT molecular complexity index is 599. The molecule has 0 fully saturated rings. The summed E-state index contributed by atoms with van der Waals surface area (Å²) in [4.78, 5) is 5.74. The Morgan fingerprint density at radius 3 is 2.67 bits per heavy atom. The van der Waals surface area contributed by atoms with Crippen molar-refractivity contribution in [1.82, 2.24) is 10.3 Å². The smallest absolute Gasteiger partial charge is 0.219 e. The Labute approximate surface area is 131 Å². The zero-order valence-electron chi connectivity index (χ0n) is 13.0. The van der Waals surface area contributed by atoms with Crippen LogP contribution in [0.4, 0.5) is 0 Å². The van der Waals surface area contributed by atoms with Crippen molar-refractivity contribution >= 4 is 11.8 Å². The first-order valence-electron chi connectivity index (χ1n) is 7.10. The Kier molecular flexibility index (Phi) is 5.65. The van der Waals surface area contributed by atoms with Gasteiger partial charge in [-0.1, -0.05) is 26.0 Å². The Balaban J connectivity index is 2.34. The number of ether oxygens (including phenoxy) is 1. The number of nitrogens with one attached hydrogen (secondary N) is 1. The van der Waals surface area contributed by atoms with Crippen LogP contribution in [0.25, 0.3) is 0 Å². The van der Waals surface area contributed by atoms with Gasteiger partial charge in [0.25, 0.3) is 0 Å². The van der Waals surface area contributed by atoms with E-state index < -0.39 is 0 Å². The summed E-state index contributed by atoms with van der Waals surface area (Å²) < 4.78 is 6.02. The fourth-order valence-electron chi connectivity index (χ4n) is 2.05. The number of pyridine rings is 1. The van der Waals surface area contributed by atoms with E-state index in [-0.39, 0.29) is 0 Å². The van der Waals surface area contributed by atoms with Gasteiger partial charge in [-0.2, -0.15) is 0 Å². The molecule has 1 N–H and O–H groups in total. The average molecular weight is 302 g/mol. The Hall–Kier alpha value is -1.52. The van der Waals surface area contributed by atoms with Crippen LogP contribution in [-0.2, 0) is 6.54 Å². The number of hydrogen-bond donors (Lipinski definition) is 1. The number of nitrogens with zero attached hydrogens (tertiary/aromatic N) is 1. The van der Waals surface area contributed by atoms with Crippen LogP contribution >= 0.6 is 11.8 Å². The maximum atomic E-state index is 6.02. The van der Waals surface area contributed by atoms with Gasteiger partial charge in [0.05, 0.1) is 0 Å². The number of para-hydroxylation sites is 1. The Morgan fingerprint density at radius 2 is 2.00 bits per heavy atom. The molecule has 0 aliphatic carbocycles. The van der Waals surface area contributed by atoms with Gasteiger partial charge in [0.15, 0.2) is 0 Å². The van der Waals surface area contributed by atoms with Gasteiger partial charge in [-0.05, 0) is 43.0 Å². The van der Waals surface area contributed by atoms with Crippen LogP contribution < -0.4 is 10.1 Å². The van der Waals surface area contributed by atoms with Gasteiger partial charge in [-0.3, -0.25) is 0 Å². The van der Waals surface area contributed by atoms with Crippen LogP contribution in [-0.4, -0.2) is 18.3 Å². The molecule has 0 aliphatic rings. The lowest BCUT2D eigenvalue weighted by atomic mass is 10.1. The lowest BCUT2D eigenvalue weighted by molar-refractivity contribution is 0.448. The molecule has 1 heterocycles. The summed E-state index contributed by atoms with van der Waals surface area (Å²) in [6.07, 6.45) is 2.05. The van der Waals surface area contributed by atoms with Crippen molar-refractivity contribution in [3.63, 3.8) is 0 Å². The molecule has 0 saturated carbocycles. The largest absolute Gasteiger partial charge is 0.438 e. The molecule has 3 nitrogen and oxygen atoms in total. The van der Waals surface area contributed by atoms with E-state index >= 15 is 0 Å². The highest BCUT2D eigenvalue weighted by atomic mass is 32.2. The van der Waals surface area contributed by atoms with E-state index in [1.165, 1.54) is 5.56 Å². The van der Waals surface area contributed by atoms with Crippen molar-refractivity contribution in [3.05, 3.63) is 47.7 Å². The van der Waals surface area contributed by atoms with Gasteiger partial charge < -0.3 is 10.1 Å². The van der Waals surface area contributed by atoms with Crippen LogP contribution in [0.2, 0.25) is 0 Å². The molecule has 0 unspecified atom stereocenters. The minimum atomic E-state index is 0.375. The average Bonchev–Trinajstić information content (AvgIpc) is 2.48. The van der Waals surface area contributed by atoms with Crippen LogP contribution in [0.5, 0.6) is 11.6 Å². The normalized spacial score (nSPS) is 10.9. The zero-order valence-corrected chi connectivity index (χ0v) is 13.8. The first kappa shape index (κ1) is 15.9. The van der Waals surface area contributed by atoms with Crippen molar-refractivity contribution in [2.75, 3.05) is 13.3 Å². The van der Waals surface area contributed by atoms with E-state index in [0.717, 1.165) is 22.9 Å². The molecular weight excluding hydrogens is 280 g/mol. The lowest BCUT2D eigenvalue weighted by Gasteiger charge is -2.13. The molecule has 2 rings (SSSR count). The summed E-state index contributed by atoms with van der Waals surface area (Å²) in [6, 6.07) is 12.2. The summed E-state index contributed by atoms with van der Waals surface area (Å²) in [5.41, 5.74) is 2.24. The summed E-state index contributed by atoms with van der Waals surface area (Å²) in [6.45, 7) is 5.10. The van der Waals surface area contributed by atoms with Gasteiger partial charge in [-0.15, -0.1) is 11.8 Å². The Morgan fingerprint density at radius 1 is 1.24 bits per heavy atom. The van der Waals surface area contributed by atoms with E-state index in [9.17, 15) is 0 Å². The van der Waals surface area contributed by atoms with Crippen LogP contribution in [0, 0.1) is 0 Å². The standard InChI is InChI=1S/C17H22N2OS/c1-12(2)14-9-13(11-18-3)10-17(19-14)20-15-7-5-6-8-16(15)21-4/h5-10,12,18H,11H2,1-4H3. The highest BCUT2D eigenvalue weighted by Crippen LogP contribution is 2.31. The van der Waals surface area contributed by atoms with Crippen LogP contribution in [0.1, 0.15) is 31.0 Å². The number of hydrogen-bond acceptors (Lipinski definition) is 4. The lowest BCUT2D eigenvalue weighted by Crippen LogP contribution is -2.07. The molecule has 0 radical (unpaired) electrons. The number of aromatic nitrogens is 1. The van der Waals surface area contributed by atoms with E-state index in [1.54, 1.807) is 11.8 Å². The minimum Gasteiger partial charge on any atom is -0.438 e. The fourth-order valence-corrected chi connectivity index (χ4v) is 2.58. The quantitative estimate of drug-likeness (QED) is 0.800. The van der Waals surface area contributed by atoms with E-state index in [1.807, 2.05) is 37.6 Å². The highest BCUT2D eigenvalue weighted by Gasteiger charge is 2.09. The minimum absolute atomic E-state index is 0.375. The second kappa shape index (κ2) is 7.48. The first-order chi connectivity index (χ1) is 10.1. The third-order valence-electron chi connectivity index (χ3n) is 3.14. The molecule has 1 aromatic heterocycles. The van der Waals surface area contributed by atoms with E-state index in [0.29, 0.717) is 11.8 Å². The SMILES string of the molecule is CNCc1cc(Oc2ccccc2SC)nc(C(C)C)c1. The topological polar surface area (TPSA) is 34.1 Å². The number of rotatable bonds is 6. The van der Waals surface area contributed by atoms with Crippen molar-refractivity contribution in [1.29, 1.82) is 0 Å². The second-order valence-corrected chi connectivity index (χ2v) is 6.02. The van der Waals surface area contributed by atoms with Gasteiger partial charge in [0.1, 0.15) is 5.75 Å². The molecule has 21 heavy (non-hydrogen) atoms. The summed E-state index contributed by atoms with van der Waals surface area (Å²) in [7, 11) is 1.94. The second-order valence-electron chi connectivity index (χ2n) is 5.18. The molecule has 0 spiro atoms. The van der Waals surface area contributed by atoms with Crippen LogP contribution in [0.3, 0.4) is 0 Å². The van der Waals surface area contributed by atoms with Crippen molar-refractivity contribution in [3.8, 4) is 11.6 Å². The van der Waals surface area contributed by atoms with Crippen molar-refractivity contribution < 1.29 is 4.74 Å². The van der Waals surface area contributed by atoms with E-state index in [2.05, 4.69) is 36.3 Å². The molecule has 0 amide bonds. The summed E-state index contributed by atoms with van der Waals surface area (Å²) in [5.74, 6) is 1.89. The predicted molar refractivity (Wildman–Crippen MR) is 89.4 cm³/mol. The number of thioether (sulfide) groups is 1. The van der Waals surface area contributed by atoms with Gasteiger partial charge in [0, 0.05) is 23.2 Å². The fraction of sp³-hybridized carbons (Fsp3) is 0.353. The first-order valence-corrected chi connectivity index (χ1v) is 8.33. The third-order valence-corrected chi connectivity index (χ3v) is 3.91. The number of benzene rings is 1. The molecular formula is C17H22N2OS. The maximum absolute atomic E-state index is 6.02. The molecule has 4 heteroatoms. The van der Waals surface area contributed by atoms with Crippen LogP contribution in [0.15, 0.2) is 41.3 Å². The van der Waals surface area contributed by atoms with Gasteiger partial charge >= 0.3 is 0 Å². The van der Waals surface area contributed by atoms with Gasteiger partial charge in [-0.25, -0.2) is 4.98 Å². The van der Waals surface area contributed by atoms with E-state index in [4.69, 9.17) is 4.74 Å². The highest BCUT2D eigenvalue weighted by molar-refractivity contribution is 7.98. The molecule has 1 aromatic carbocycles. The third kappa shape index (κ3) is 4.22. The van der Waals surface area contributed by atoms with Crippen molar-refractivity contribution in [2.45, 2.75) is 31.2 Å². The summed E-state index contributed by atoms with van der Waals surface area (Å²) in [5, 5.41) is 3.18. The summed E-state index contributed by atoms with van der Waals surface area (Å²) >= 11 is 1.67. The van der Waals surface area contributed by atoms with Crippen molar-refractivity contribution in [2.24, 2.45) is 0 Å². The van der Waals surface area contributed by atoms with Gasteiger partial charge in [0.2, 0.25) is 5.88 Å².